The van der Waals surface area contributed by atoms with Crippen LogP contribution < -0.4 is 9.38 Å². The molecule has 34 heavy (non-hydrogen) atoms. The van der Waals surface area contributed by atoms with E-state index in [2.05, 4.69) is 131 Å². The second kappa shape index (κ2) is 10.2. The first-order valence-corrected chi connectivity index (χ1v) is 12.4. The van der Waals surface area contributed by atoms with Gasteiger partial charge in [0.15, 0.2) is 0 Å². The van der Waals surface area contributed by atoms with E-state index in [0.29, 0.717) is 4.48 Å². The standard InChI is InChI=1S/C31H36N3/c1-6-25-15-12-19-28(23-25)33(5)31(32-27-18-11-14-24(4)22-27)34(7-2,8-3)30-21-13-17-26-16-9-10-20-29(26)30/h9-23H,6-8H2,1-5H3/q+1. The minimum atomic E-state index is 0.655. The molecule has 0 saturated heterocycles. The summed E-state index contributed by atoms with van der Waals surface area (Å²) >= 11 is 0. The lowest BCUT2D eigenvalue weighted by Gasteiger charge is -2.40. The predicted octanol–water partition coefficient (Wildman–Crippen LogP) is 7.88. The Kier molecular flexibility index (Phi) is 7.14. The highest BCUT2D eigenvalue weighted by atomic mass is 15.5. The van der Waals surface area contributed by atoms with E-state index in [-0.39, 0.29) is 0 Å². The molecule has 0 fully saturated rings. The van der Waals surface area contributed by atoms with Crippen molar-refractivity contribution in [3.63, 3.8) is 0 Å². The molecule has 3 heteroatoms. The summed E-state index contributed by atoms with van der Waals surface area (Å²) in [6.45, 7) is 10.7. The Hall–Kier alpha value is -3.43. The van der Waals surface area contributed by atoms with Crippen molar-refractivity contribution in [2.45, 2.75) is 34.1 Å². The lowest BCUT2D eigenvalue weighted by Crippen LogP contribution is -2.60. The third kappa shape index (κ3) is 4.49. The molecule has 0 heterocycles. The molecule has 0 aliphatic carbocycles. The molecular formula is C31H36N3+. The number of anilines is 1. The molecule has 0 radical (unpaired) electrons. The van der Waals surface area contributed by atoms with E-state index in [0.717, 1.165) is 36.8 Å². The minimum absolute atomic E-state index is 0.655. The number of benzene rings is 4. The van der Waals surface area contributed by atoms with E-state index in [4.69, 9.17) is 4.99 Å². The Labute approximate surface area is 204 Å². The van der Waals surface area contributed by atoms with E-state index in [9.17, 15) is 0 Å². The lowest BCUT2D eigenvalue weighted by molar-refractivity contribution is 0.447. The van der Waals surface area contributed by atoms with Crippen LogP contribution in [0.4, 0.5) is 17.1 Å². The van der Waals surface area contributed by atoms with Crippen LogP contribution in [0.25, 0.3) is 10.8 Å². The van der Waals surface area contributed by atoms with Gasteiger partial charge in [-0.3, -0.25) is 4.90 Å². The Bertz CT molecular complexity index is 1300. The van der Waals surface area contributed by atoms with Crippen LogP contribution in [0.15, 0.2) is 96.0 Å². The summed E-state index contributed by atoms with van der Waals surface area (Å²) < 4.78 is 0.655. The molecule has 0 atom stereocenters. The van der Waals surface area contributed by atoms with Crippen LogP contribution in [0.2, 0.25) is 0 Å². The number of nitrogens with zero attached hydrogens (tertiary/aromatic N) is 3. The highest BCUT2D eigenvalue weighted by Crippen LogP contribution is 2.35. The summed E-state index contributed by atoms with van der Waals surface area (Å²) in [5.41, 5.74) is 5.98. The second-order valence-corrected chi connectivity index (χ2v) is 8.93. The van der Waals surface area contributed by atoms with Crippen LogP contribution in [-0.4, -0.2) is 26.1 Å². The van der Waals surface area contributed by atoms with Gasteiger partial charge in [-0.15, -0.1) is 0 Å². The van der Waals surface area contributed by atoms with Crippen LogP contribution >= 0.6 is 0 Å². The average molecular weight is 451 g/mol. The van der Waals surface area contributed by atoms with E-state index in [1.54, 1.807) is 0 Å². The van der Waals surface area contributed by atoms with Crippen LogP contribution in [0, 0.1) is 6.92 Å². The molecule has 0 spiro atoms. The lowest BCUT2D eigenvalue weighted by atomic mass is 10.1. The quantitative estimate of drug-likeness (QED) is 0.166. The first kappa shape index (κ1) is 23.7. The molecule has 0 saturated carbocycles. The number of fused-ring (bicyclic) bond motifs is 1. The fourth-order valence-electron chi connectivity index (χ4n) is 4.91. The van der Waals surface area contributed by atoms with Gasteiger partial charge in [0, 0.05) is 24.2 Å². The number of aryl methyl sites for hydroxylation is 2. The smallest absolute Gasteiger partial charge is 0.283 e. The van der Waals surface area contributed by atoms with Gasteiger partial charge in [-0.25, -0.2) is 4.48 Å². The molecule has 0 unspecified atom stereocenters. The van der Waals surface area contributed by atoms with E-state index >= 15 is 0 Å². The van der Waals surface area contributed by atoms with Crippen LogP contribution in [-0.2, 0) is 6.42 Å². The van der Waals surface area contributed by atoms with E-state index in [1.807, 2.05) is 0 Å². The number of quaternary nitrogens is 1. The molecule has 0 aliphatic heterocycles. The zero-order chi connectivity index (χ0) is 24.1. The first-order chi connectivity index (χ1) is 16.5. The Morgan fingerprint density at radius 2 is 1.50 bits per heavy atom. The normalized spacial score (nSPS) is 12.2. The van der Waals surface area contributed by atoms with Gasteiger partial charge in [0.1, 0.15) is 5.69 Å². The molecule has 0 N–H and O–H groups in total. The van der Waals surface area contributed by atoms with Crippen molar-refractivity contribution in [3.05, 3.63) is 102 Å². The summed E-state index contributed by atoms with van der Waals surface area (Å²) in [6, 6.07) is 32.7. The Balaban J connectivity index is 1.99. The summed E-state index contributed by atoms with van der Waals surface area (Å²) in [7, 11) is 2.16. The molecule has 174 valence electrons. The average Bonchev–Trinajstić information content (AvgIpc) is 2.88. The van der Waals surface area contributed by atoms with Crippen molar-refractivity contribution in [1.82, 2.24) is 4.48 Å². The van der Waals surface area contributed by atoms with Crippen LogP contribution in [0.5, 0.6) is 0 Å². The van der Waals surface area contributed by atoms with Crippen LogP contribution in [0.3, 0.4) is 0 Å². The van der Waals surface area contributed by atoms with Gasteiger partial charge < -0.3 is 0 Å². The fraction of sp³-hybridized carbons (Fsp3) is 0.258. The predicted molar refractivity (Wildman–Crippen MR) is 149 cm³/mol. The second-order valence-electron chi connectivity index (χ2n) is 8.93. The number of aliphatic imine (C=N–C) groups is 1. The Morgan fingerprint density at radius 1 is 0.794 bits per heavy atom. The molecule has 0 aliphatic rings. The number of rotatable bonds is 6. The van der Waals surface area contributed by atoms with Gasteiger partial charge in [0.25, 0.3) is 0 Å². The molecule has 4 aromatic rings. The zero-order valence-corrected chi connectivity index (χ0v) is 21.1. The summed E-state index contributed by atoms with van der Waals surface area (Å²) in [5, 5.41) is 2.54. The van der Waals surface area contributed by atoms with Crippen molar-refractivity contribution in [2.24, 2.45) is 4.99 Å². The fourth-order valence-corrected chi connectivity index (χ4v) is 4.91. The SMILES string of the molecule is CCc1cccc(N(C)C(=Nc2cccc(C)c2)[N+](CC)(CC)c2cccc3ccccc23)c1. The first-order valence-electron chi connectivity index (χ1n) is 12.4. The molecular weight excluding hydrogens is 414 g/mol. The van der Waals surface area contributed by atoms with Gasteiger partial charge in [-0.1, -0.05) is 61.5 Å². The maximum atomic E-state index is 5.36. The molecule has 0 aromatic heterocycles. The minimum Gasteiger partial charge on any atom is -0.283 e. The molecule has 4 rings (SSSR count). The highest BCUT2D eigenvalue weighted by molar-refractivity contribution is 6.08. The van der Waals surface area contributed by atoms with E-state index < -0.39 is 0 Å². The monoisotopic (exact) mass is 450 g/mol. The third-order valence-electron chi connectivity index (χ3n) is 6.93. The van der Waals surface area contributed by atoms with Crippen molar-refractivity contribution in [3.8, 4) is 0 Å². The van der Waals surface area contributed by atoms with Crippen molar-refractivity contribution in [1.29, 1.82) is 0 Å². The molecule has 4 aromatic carbocycles. The van der Waals surface area contributed by atoms with Crippen LogP contribution in [0.1, 0.15) is 31.9 Å². The van der Waals surface area contributed by atoms with Gasteiger partial charge >= 0.3 is 5.96 Å². The number of hydrogen-bond donors (Lipinski definition) is 0. The molecule has 3 nitrogen and oxygen atoms in total. The van der Waals surface area contributed by atoms with E-state index in [1.165, 1.54) is 27.6 Å². The summed E-state index contributed by atoms with van der Waals surface area (Å²) in [4.78, 5) is 7.65. The van der Waals surface area contributed by atoms with Gasteiger partial charge in [0.05, 0.1) is 18.8 Å². The molecule has 0 amide bonds. The van der Waals surface area contributed by atoms with Crippen molar-refractivity contribution < 1.29 is 0 Å². The maximum Gasteiger partial charge on any atom is 0.314 e. The van der Waals surface area contributed by atoms with Gasteiger partial charge in [-0.05, 0) is 74.0 Å². The summed E-state index contributed by atoms with van der Waals surface area (Å²) in [5.74, 6) is 1.03. The Morgan fingerprint density at radius 3 is 2.24 bits per heavy atom. The topological polar surface area (TPSA) is 15.6 Å². The zero-order valence-electron chi connectivity index (χ0n) is 21.1. The van der Waals surface area contributed by atoms with Gasteiger partial charge in [0.2, 0.25) is 0 Å². The number of hydrogen-bond acceptors (Lipinski definition) is 1. The highest BCUT2D eigenvalue weighted by Gasteiger charge is 2.38. The maximum absolute atomic E-state index is 5.36. The third-order valence-corrected chi connectivity index (χ3v) is 6.93. The largest absolute Gasteiger partial charge is 0.314 e. The van der Waals surface area contributed by atoms with Crippen molar-refractivity contribution in [2.75, 3.05) is 25.0 Å². The summed E-state index contributed by atoms with van der Waals surface area (Å²) in [6.07, 6.45) is 1.01. The number of guanidine groups is 1. The van der Waals surface area contributed by atoms with Gasteiger partial charge in [-0.2, -0.15) is 4.99 Å². The van der Waals surface area contributed by atoms with Crippen molar-refractivity contribution >= 4 is 33.8 Å². The molecule has 0 bridgehead atoms.